The van der Waals surface area contributed by atoms with Crippen molar-refractivity contribution in [2.75, 3.05) is 24.5 Å². The quantitative estimate of drug-likeness (QED) is 0.218. The third-order valence-electron chi connectivity index (χ3n) is 7.88. The van der Waals surface area contributed by atoms with Gasteiger partial charge < -0.3 is 14.4 Å². The summed E-state index contributed by atoms with van der Waals surface area (Å²) in [7, 11) is -3.83. The third kappa shape index (κ3) is 8.15. The van der Waals surface area contributed by atoms with Gasteiger partial charge in [0.1, 0.15) is 17.7 Å². The fourth-order valence-electron chi connectivity index (χ4n) is 5.53. The number of hydrogen-bond acceptors (Lipinski definition) is 9. The number of hydrogen-bond donors (Lipinski definition) is 0. The predicted molar refractivity (Wildman–Crippen MR) is 176 cm³/mol. The van der Waals surface area contributed by atoms with Crippen molar-refractivity contribution in [1.29, 1.82) is 0 Å². The first-order valence-corrected chi connectivity index (χ1v) is 17.1. The molecule has 13 heteroatoms. The minimum atomic E-state index is -3.83. The van der Waals surface area contributed by atoms with Gasteiger partial charge >= 0.3 is 12.2 Å². The van der Waals surface area contributed by atoms with Crippen LogP contribution in [0.25, 0.3) is 11.2 Å². The van der Waals surface area contributed by atoms with Crippen LogP contribution in [0.2, 0.25) is 0 Å². The van der Waals surface area contributed by atoms with Gasteiger partial charge in [0.25, 0.3) is 0 Å². The van der Waals surface area contributed by atoms with E-state index in [9.17, 15) is 22.8 Å². The molecule has 0 N–H and O–H groups in total. The van der Waals surface area contributed by atoms with E-state index in [1.807, 2.05) is 43.3 Å². The van der Waals surface area contributed by atoms with E-state index in [0.29, 0.717) is 18.5 Å². The van der Waals surface area contributed by atoms with Crippen molar-refractivity contribution < 1.29 is 32.3 Å². The Balaban J connectivity index is 1.35. The van der Waals surface area contributed by atoms with Crippen molar-refractivity contribution in [3.05, 3.63) is 90.3 Å². The highest BCUT2D eigenvalue weighted by molar-refractivity contribution is 7.89. The van der Waals surface area contributed by atoms with Crippen LogP contribution in [-0.2, 0) is 36.7 Å². The molecule has 0 aliphatic carbocycles. The number of benzene rings is 2. The fraction of sp³-hybridized carbons (Fsp3) is 0.382. The summed E-state index contributed by atoms with van der Waals surface area (Å²) in [4.78, 5) is 51.7. The summed E-state index contributed by atoms with van der Waals surface area (Å²) in [5.74, 6) is -1.16. The molecular weight excluding hydrogens is 622 g/mol. The van der Waals surface area contributed by atoms with Gasteiger partial charge in [-0.3, -0.25) is 9.69 Å². The maximum atomic E-state index is 13.8. The van der Waals surface area contributed by atoms with Crippen LogP contribution in [0.3, 0.4) is 0 Å². The van der Waals surface area contributed by atoms with Gasteiger partial charge in [-0.2, -0.15) is 0 Å². The number of amides is 2. The molecule has 0 spiro atoms. The van der Waals surface area contributed by atoms with Crippen molar-refractivity contribution in [1.82, 2.24) is 18.8 Å². The van der Waals surface area contributed by atoms with Crippen LogP contribution in [0.15, 0.2) is 79.1 Å². The number of fused-ring (bicyclic) bond motifs is 1. The van der Waals surface area contributed by atoms with Gasteiger partial charge in [0, 0.05) is 25.2 Å². The van der Waals surface area contributed by atoms with Gasteiger partial charge in [0.15, 0.2) is 17.2 Å². The molecule has 1 aliphatic heterocycles. The van der Waals surface area contributed by atoms with Crippen LogP contribution in [0.1, 0.15) is 45.2 Å². The first-order valence-electron chi connectivity index (χ1n) is 15.4. The molecule has 1 saturated heterocycles. The number of carbonyl (C=O) groups is 3. The van der Waals surface area contributed by atoms with Crippen molar-refractivity contribution >= 4 is 45.0 Å². The van der Waals surface area contributed by atoms with Gasteiger partial charge in [-0.05, 0) is 43.9 Å². The minimum absolute atomic E-state index is 0.0310. The van der Waals surface area contributed by atoms with E-state index in [1.54, 1.807) is 45.0 Å². The van der Waals surface area contributed by atoms with Crippen LogP contribution in [0.5, 0.6) is 0 Å². The Morgan fingerprint density at radius 3 is 2.26 bits per heavy atom. The minimum Gasteiger partial charge on any atom is -0.445 e. The number of anilines is 1. The number of likely N-dealkylation sites (tertiary alicyclic amines) is 1. The SMILES string of the molecule is CC[C@@H]1CN(C(=O)OCc2ccccc2)C[C@@H]1C(=O)CN(C(=O)OC(C)(C)C)c1cnc2c(ccn2S(=O)(=O)Cc2ccccc2)n1. The monoisotopic (exact) mass is 661 g/mol. The maximum Gasteiger partial charge on any atom is 0.416 e. The molecule has 0 bridgehead atoms. The van der Waals surface area contributed by atoms with Gasteiger partial charge in [0.2, 0.25) is 10.0 Å². The van der Waals surface area contributed by atoms with E-state index in [2.05, 4.69) is 9.97 Å². The summed E-state index contributed by atoms with van der Waals surface area (Å²) in [6.07, 6.45) is 1.95. The van der Waals surface area contributed by atoms with E-state index >= 15 is 0 Å². The second kappa shape index (κ2) is 13.9. The van der Waals surface area contributed by atoms with Gasteiger partial charge in [0.05, 0.1) is 18.5 Å². The fourth-order valence-corrected chi connectivity index (χ4v) is 6.93. The number of ether oxygens (including phenoxy) is 2. The van der Waals surface area contributed by atoms with Gasteiger partial charge in [-0.1, -0.05) is 74.0 Å². The normalized spacial score (nSPS) is 16.6. The first kappa shape index (κ1) is 33.6. The van der Waals surface area contributed by atoms with Gasteiger partial charge in [-0.15, -0.1) is 0 Å². The second-order valence-electron chi connectivity index (χ2n) is 12.5. The summed E-state index contributed by atoms with van der Waals surface area (Å²) in [5.41, 5.74) is 0.916. The highest BCUT2D eigenvalue weighted by Crippen LogP contribution is 2.29. The van der Waals surface area contributed by atoms with Crippen molar-refractivity contribution in [3.8, 4) is 0 Å². The Labute approximate surface area is 274 Å². The van der Waals surface area contributed by atoms with Crippen LogP contribution in [0.4, 0.5) is 15.4 Å². The molecule has 1 aliphatic rings. The topological polar surface area (TPSA) is 141 Å². The molecule has 5 rings (SSSR count). The lowest BCUT2D eigenvalue weighted by Gasteiger charge is -2.27. The summed E-state index contributed by atoms with van der Waals surface area (Å²) in [6, 6.07) is 19.6. The van der Waals surface area contributed by atoms with Crippen LogP contribution < -0.4 is 4.90 Å². The zero-order valence-electron chi connectivity index (χ0n) is 26.9. The lowest BCUT2D eigenvalue weighted by Crippen LogP contribution is -2.43. The molecule has 0 saturated carbocycles. The molecule has 2 aromatic carbocycles. The number of rotatable bonds is 10. The zero-order chi connectivity index (χ0) is 33.8. The number of aromatic nitrogens is 3. The second-order valence-corrected chi connectivity index (χ2v) is 14.4. The average Bonchev–Trinajstić information content (AvgIpc) is 3.67. The van der Waals surface area contributed by atoms with E-state index in [1.165, 1.54) is 23.4 Å². The molecule has 47 heavy (non-hydrogen) atoms. The molecule has 0 unspecified atom stereocenters. The summed E-state index contributed by atoms with van der Waals surface area (Å²) in [6.45, 7) is 7.32. The molecule has 12 nitrogen and oxygen atoms in total. The molecule has 0 radical (unpaired) electrons. The van der Waals surface area contributed by atoms with Crippen LogP contribution >= 0.6 is 0 Å². The van der Waals surface area contributed by atoms with E-state index in [0.717, 1.165) is 14.4 Å². The molecule has 4 aromatic rings. The smallest absolute Gasteiger partial charge is 0.416 e. The predicted octanol–water partition coefficient (Wildman–Crippen LogP) is 5.41. The highest BCUT2D eigenvalue weighted by atomic mass is 32.2. The Morgan fingerprint density at radius 1 is 0.957 bits per heavy atom. The van der Waals surface area contributed by atoms with E-state index in [-0.39, 0.29) is 54.1 Å². The van der Waals surface area contributed by atoms with Crippen molar-refractivity contribution in [2.45, 2.75) is 52.1 Å². The summed E-state index contributed by atoms with van der Waals surface area (Å²) in [5, 5.41) is 0. The van der Waals surface area contributed by atoms with Crippen molar-refractivity contribution in [3.63, 3.8) is 0 Å². The largest absolute Gasteiger partial charge is 0.445 e. The summed E-state index contributed by atoms with van der Waals surface area (Å²) >= 11 is 0. The third-order valence-corrected chi connectivity index (χ3v) is 9.47. The van der Waals surface area contributed by atoms with Gasteiger partial charge in [-0.25, -0.2) is 31.9 Å². The Bertz CT molecular complexity index is 1840. The Kier molecular flexibility index (Phi) is 9.94. The van der Waals surface area contributed by atoms with Crippen molar-refractivity contribution in [2.24, 2.45) is 11.8 Å². The number of carbonyl (C=O) groups excluding carboxylic acids is 3. The summed E-state index contributed by atoms with van der Waals surface area (Å²) < 4.78 is 38.6. The highest BCUT2D eigenvalue weighted by Gasteiger charge is 2.40. The number of nitrogens with zero attached hydrogens (tertiary/aromatic N) is 5. The molecule has 2 atom stereocenters. The zero-order valence-corrected chi connectivity index (χ0v) is 27.7. The standard InChI is InChI=1S/C34H39N5O7S/c1-5-26-19-37(32(41)45-22-24-12-8-6-9-13-24)20-27(26)29(40)21-38(33(42)46-34(2,3)4)30-18-35-31-28(36-30)16-17-39(31)47(43,44)23-25-14-10-7-11-15-25/h6-18,26-27H,5,19-23H2,1-4H3/t26-,27+/m1/s1. The van der Waals surface area contributed by atoms with Crippen LogP contribution in [-0.4, -0.2) is 70.5 Å². The molecule has 3 heterocycles. The lowest BCUT2D eigenvalue weighted by atomic mass is 9.90. The molecule has 248 valence electrons. The first-order chi connectivity index (χ1) is 22.3. The van der Waals surface area contributed by atoms with Crippen LogP contribution in [0, 0.1) is 11.8 Å². The number of Topliss-reactive ketones (excluding diaryl/α,β-unsaturated/α-hetero) is 1. The number of ketones is 1. The lowest BCUT2D eigenvalue weighted by molar-refractivity contribution is -0.122. The van der Waals surface area contributed by atoms with E-state index in [4.69, 9.17) is 9.47 Å². The molecule has 1 fully saturated rings. The maximum absolute atomic E-state index is 13.8. The Morgan fingerprint density at radius 2 is 1.62 bits per heavy atom. The van der Waals surface area contributed by atoms with E-state index < -0.39 is 33.7 Å². The molecular formula is C34H39N5O7S. The molecule has 2 aromatic heterocycles. The molecule has 2 amide bonds. The average molecular weight is 662 g/mol. The Hall–Kier alpha value is -4.78.